The highest BCUT2D eigenvalue weighted by Gasteiger charge is 2.09. The topological polar surface area (TPSA) is 64.9 Å². The number of thioether (sulfide) groups is 1. The van der Waals surface area contributed by atoms with Gasteiger partial charge >= 0.3 is 0 Å². The van der Waals surface area contributed by atoms with Gasteiger partial charge < -0.3 is 10.3 Å². The van der Waals surface area contributed by atoms with Crippen LogP contribution in [0.1, 0.15) is 5.89 Å². The molecule has 0 atom stereocenters. The predicted octanol–water partition coefficient (Wildman–Crippen LogP) is 3.67. The number of thiophene rings is 1. The average Bonchev–Trinajstić information content (AvgIpc) is 3.09. The molecule has 0 saturated heterocycles. The minimum atomic E-state index is 0.630. The highest BCUT2D eigenvalue weighted by molar-refractivity contribution is 7.98. The van der Waals surface area contributed by atoms with Crippen molar-refractivity contribution >= 4 is 28.8 Å². The van der Waals surface area contributed by atoms with Gasteiger partial charge in [-0.1, -0.05) is 11.2 Å². The first kappa shape index (κ1) is 12.3. The van der Waals surface area contributed by atoms with E-state index in [4.69, 9.17) is 10.3 Å². The highest BCUT2D eigenvalue weighted by Crippen LogP contribution is 2.25. The van der Waals surface area contributed by atoms with Crippen LogP contribution in [0, 0.1) is 0 Å². The molecule has 4 nitrogen and oxygen atoms in total. The van der Waals surface area contributed by atoms with Gasteiger partial charge in [-0.15, -0.1) is 23.1 Å². The van der Waals surface area contributed by atoms with Gasteiger partial charge in [-0.3, -0.25) is 0 Å². The molecule has 19 heavy (non-hydrogen) atoms. The van der Waals surface area contributed by atoms with Crippen LogP contribution in [0.4, 0.5) is 5.69 Å². The quantitative estimate of drug-likeness (QED) is 0.586. The summed E-state index contributed by atoms with van der Waals surface area (Å²) >= 11 is 3.24. The van der Waals surface area contributed by atoms with Crippen molar-refractivity contribution < 1.29 is 4.52 Å². The van der Waals surface area contributed by atoms with Crippen molar-refractivity contribution in [2.24, 2.45) is 0 Å². The van der Waals surface area contributed by atoms with Crippen LogP contribution >= 0.6 is 23.1 Å². The molecular formula is C13H11N3OS2. The van der Waals surface area contributed by atoms with Gasteiger partial charge in [0, 0.05) is 10.6 Å². The van der Waals surface area contributed by atoms with Gasteiger partial charge in [0.25, 0.3) is 0 Å². The molecule has 0 bridgehead atoms. The van der Waals surface area contributed by atoms with E-state index in [2.05, 4.69) is 10.1 Å². The molecule has 3 rings (SSSR count). The summed E-state index contributed by atoms with van der Waals surface area (Å²) in [5.41, 5.74) is 6.41. The third-order valence-electron chi connectivity index (χ3n) is 2.45. The number of hydrogen-bond donors (Lipinski definition) is 1. The first-order chi connectivity index (χ1) is 9.31. The van der Waals surface area contributed by atoms with Crippen molar-refractivity contribution in [3.63, 3.8) is 0 Å². The van der Waals surface area contributed by atoms with Gasteiger partial charge in [-0.05, 0) is 35.7 Å². The number of nitrogen functional groups attached to an aromatic ring is 1. The molecule has 2 aromatic heterocycles. The number of benzene rings is 1. The standard InChI is InChI=1S/C13H11N3OS2/c14-9-3-5-10(6-4-9)19-8-12-15-13(16-17-12)11-2-1-7-18-11/h1-7H,8,14H2. The molecule has 2 N–H and O–H groups in total. The van der Waals surface area contributed by atoms with Crippen molar-refractivity contribution in [2.45, 2.75) is 10.6 Å². The van der Waals surface area contributed by atoms with Crippen LogP contribution in [-0.2, 0) is 5.75 Å². The second-order valence-corrected chi connectivity index (χ2v) is 5.84. The number of nitrogens with zero attached hydrogens (tertiary/aromatic N) is 2. The van der Waals surface area contributed by atoms with Crippen LogP contribution in [0.15, 0.2) is 51.2 Å². The number of anilines is 1. The smallest absolute Gasteiger partial charge is 0.237 e. The van der Waals surface area contributed by atoms with E-state index >= 15 is 0 Å². The highest BCUT2D eigenvalue weighted by atomic mass is 32.2. The maximum absolute atomic E-state index is 5.64. The van der Waals surface area contributed by atoms with E-state index in [0.29, 0.717) is 17.5 Å². The zero-order valence-corrected chi connectivity index (χ0v) is 11.6. The van der Waals surface area contributed by atoms with Gasteiger partial charge in [-0.2, -0.15) is 4.98 Å². The third-order valence-corrected chi connectivity index (χ3v) is 4.31. The van der Waals surface area contributed by atoms with Gasteiger partial charge in [-0.25, -0.2) is 0 Å². The molecule has 0 amide bonds. The normalized spacial score (nSPS) is 10.7. The largest absolute Gasteiger partial charge is 0.399 e. The molecular weight excluding hydrogens is 278 g/mol. The summed E-state index contributed by atoms with van der Waals surface area (Å²) in [5, 5.41) is 5.97. The molecule has 0 fully saturated rings. The molecule has 1 aromatic carbocycles. The van der Waals surface area contributed by atoms with Crippen LogP contribution in [0.2, 0.25) is 0 Å². The molecule has 0 aliphatic heterocycles. The van der Waals surface area contributed by atoms with Crippen molar-refractivity contribution in [1.82, 2.24) is 10.1 Å². The Morgan fingerprint density at radius 2 is 2.05 bits per heavy atom. The van der Waals surface area contributed by atoms with E-state index in [1.165, 1.54) is 0 Å². The van der Waals surface area contributed by atoms with Gasteiger partial charge in [0.15, 0.2) is 0 Å². The second kappa shape index (κ2) is 5.46. The summed E-state index contributed by atoms with van der Waals surface area (Å²) < 4.78 is 5.23. The van der Waals surface area contributed by atoms with Crippen molar-refractivity contribution in [2.75, 3.05) is 5.73 Å². The number of nitrogens with two attached hydrogens (primary N) is 1. The number of aromatic nitrogens is 2. The molecule has 2 heterocycles. The van der Waals surface area contributed by atoms with E-state index in [-0.39, 0.29) is 0 Å². The minimum absolute atomic E-state index is 0.630. The monoisotopic (exact) mass is 289 g/mol. The van der Waals surface area contributed by atoms with Crippen molar-refractivity contribution in [3.05, 3.63) is 47.7 Å². The molecule has 0 unspecified atom stereocenters. The van der Waals surface area contributed by atoms with E-state index in [1.807, 2.05) is 41.8 Å². The first-order valence-corrected chi connectivity index (χ1v) is 7.52. The number of hydrogen-bond acceptors (Lipinski definition) is 6. The minimum Gasteiger partial charge on any atom is -0.399 e. The molecule has 6 heteroatoms. The Morgan fingerprint density at radius 1 is 1.21 bits per heavy atom. The summed E-state index contributed by atoms with van der Waals surface area (Å²) in [6, 6.07) is 11.7. The lowest BCUT2D eigenvalue weighted by molar-refractivity contribution is 0.392. The first-order valence-electron chi connectivity index (χ1n) is 5.66. The molecule has 0 saturated carbocycles. The molecule has 0 aliphatic rings. The van der Waals surface area contributed by atoms with Crippen molar-refractivity contribution in [1.29, 1.82) is 0 Å². The van der Waals surface area contributed by atoms with Crippen LogP contribution in [0.25, 0.3) is 10.7 Å². The zero-order valence-electron chi connectivity index (χ0n) is 9.95. The molecule has 0 radical (unpaired) electrons. The molecule has 0 aliphatic carbocycles. The van der Waals surface area contributed by atoms with Crippen LogP contribution in [-0.4, -0.2) is 10.1 Å². The van der Waals surface area contributed by atoms with Gasteiger partial charge in [0.05, 0.1) is 10.6 Å². The van der Waals surface area contributed by atoms with Gasteiger partial charge in [0.1, 0.15) is 0 Å². The summed E-state index contributed by atoms with van der Waals surface area (Å²) in [7, 11) is 0. The fourth-order valence-electron chi connectivity index (χ4n) is 1.53. The zero-order chi connectivity index (χ0) is 13.1. The predicted molar refractivity (Wildman–Crippen MR) is 78.0 cm³/mol. The Balaban J connectivity index is 1.66. The van der Waals surface area contributed by atoms with Gasteiger partial charge in [0.2, 0.25) is 11.7 Å². The lowest BCUT2D eigenvalue weighted by atomic mass is 10.3. The van der Waals surface area contributed by atoms with Crippen molar-refractivity contribution in [3.8, 4) is 10.7 Å². The second-order valence-electron chi connectivity index (χ2n) is 3.85. The van der Waals surface area contributed by atoms with E-state index in [1.54, 1.807) is 23.1 Å². The average molecular weight is 289 g/mol. The number of rotatable bonds is 4. The SMILES string of the molecule is Nc1ccc(SCc2nc(-c3cccs3)no2)cc1. The maximum Gasteiger partial charge on any atom is 0.237 e. The fourth-order valence-corrected chi connectivity index (χ4v) is 2.91. The Bertz CT molecular complexity index is 647. The lowest BCUT2D eigenvalue weighted by Gasteiger charge is -1.98. The Morgan fingerprint density at radius 3 is 2.79 bits per heavy atom. The fraction of sp³-hybridized carbons (Fsp3) is 0.0769. The summed E-state index contributed by atoms with van der Waals surface area (Å²) in [6.45, 7) is 0. The van der Waals surface area contributed by atoms with Crippen LogP contribution < -0.4 is 5.73 Å². The van der Waals surface area contributed by atoms with Crippen LogP contribution in [0.5, 0.6) is 0 Å². The van der Waals surface area contributed by atoms with Crippen LogP contribution in [0.3, 0.4) is 0 Å². The summed E-state index contributed by atoms with van der Waals surface area (Å²) in [5.74, 6) is 1.94. The lowest BCUT2D eigenvalue weighted by Crippen LogP contribution is -1.84. The van der Waals surface area contributed by atoms with E-state index < -0.39 is 0 Å². The Kier molecular flexibility index (Phi) is 3.52. The summed E-state index contributed by atoms with van der Waals surface area (Å²) in [4.78, 5) is 6.52. The maximum atomic E-state index is 5.64. The summed E-state index contributed by atoms with van der Waals surface area (Å²) in [6.07, 6.45) is 0. The van der Waals surface area contributed by atoms with E-state index in [9.17, 15) is 0 Å². The molecule has 3 aromatic rings. The van der Waals surface area contributed by atoms with E-state index in [0.717, 1.165) is 15.5 Å². The Hall–Kier alpha value is -1.79. The third kappa shape index (κ3) is 2.97. The Labute approximate surface area is 118 Å². The molecule has 96 valence electrons. The molecule has 0 spiro atoms.